The summed E-state index contributed by atoms with van der Waals surface area (Å²) < 4.78 is 26.2. The Hall–Kier alpha value is -2.15. The number of benzene rings is 1. The third-order valence-corrected chi connectivity index (χ3v) is 2.91. The van der Waals surface area contributed by atoms with Crippen LogP contribution in [0.4, 0.5) is 14.7 Å². The molecule has 0 saturated heterocycles. The van der Waals surface area contributed by atoms with Gasteiger partial charge in [-0.1, -0.05) is 11.6 Å². The zero-order chi connectivity index (χ0) is 14.9. The van der Waals surface area contributed by atoms with Gasteiger partial charge in [0.05, 0.1) is 11.8 Å². The van der Waals surface area contributed by atoms with Crippen LogP contribution in [0.2, 0.25) is 5.02 Å². The van der Waals surface area contributed by atoms with Crippen molar-refractivity contribution in [2.24, 2.45) is 7.05 Å². The molecule has 5 nitrogen and oxygen atoms in total. The summed E-state index contributed by atoms with van der Waals surface area (Å²) in [6, 6.07) is 3.95. The minimum atomic E-state index is -2.70. The molecule has 2 aromatic rings. The van der Waals surface area contributed by atoms with Gasteiger partial charge in [-0.15, -0.1) is 0 Å². The molecule has 1 aromatic carbocycles. The molecule has 0 aliphatic rings. The van der Waals surface area contributed by atoms with Crippen LogP contribution in [0.3, 0.4) is 0 Å². The quantitative estimate of drug-likeness (QED) is 0.916. The second-order valence-electron chi connectivity index (χ2n) is 3.98. The van der Waals surface area contributed by atoms with Gasteiger partial charge in [0.15, 0.2) is 0 Å². The lowest BCUT2D eigenvalue weighted by molar-refractivity contribution is 0.102. The number of amides is 1. The predicted molar refractivity (Wildman–Crippen MR) is 69.2 cm³/mol. The number of nitrogens with one attached hydrogen (secondary N) is 1. The molecule has 20 heavy (non-hydrogen) atoms. The van der Waals surface area contributed by atoms with Gasteiger partial charge in [0.25, 0.3) is 12.3 Å². The molecule has 0 spiro atoms. The van der Waals surface area contributed by atoms with E-state index in [2.05, 4.69) is 10.3 Å². The molecular weight excluding hydrogens is 292 g/mol. The molecule has 0 aliphatic carbocycles. The third-order valence-electron chi connectivity index (χ3n) is 2.68. The maximum atomic E-state index is 12.6. The van der Waals surface area contributed by atoms with Crippen LogP contribution in [0.25, 0.3) is 0 Å². The van der Waals surface area contributed by atoms with Gasteiger partial charge in [-0.05, 0) is 18.2 Å². The number of phenols is 1. The first kappa shape index (κ1) is 14.3. The van der Waals surface area contributed by atoms with E-state index in [1.165, 1.54) is 25.2 Å². The smallest absolute Gasteiger partial charge is 0.280 e. The Labute approximate surface area is 117 Å². The summed E-state index contributed by atoms with van der Waals surface area (Å²) in [6.45, 7) is 0. The minimum absolute atomic E-state index is 0.0512. The highest BCUT2D eigenvalue weighted by Gasteiger charge is 2.18. The number of anilines is 1. The molecule has 0 bridgehead atoms. The van der Waals surface area contributed by atoms with Gasteiger partial charge < -0.3 is 9.67 Å². The molecule has 106 valence electrons. The number of rotatable bonds is 3. The van der Waals surface area contributed by atoms with Crippen LogP contribution in [-0.4, -0.2) is 20.6 Å². The number of carbonyl (C=O) groups is 1. The fourth-order valence-electron chi connectivity index (χ4n) is 1.60. The summed E-state index contributed by atoms with van der Waals surface area (Å²) in [4.78, 5) is 15.6. The van der Waals surface area contributed by atoms with Gasteiger partial charge in [0.1, 0.15) is 11.4 Å². The number of imidazole rings is 1. The first-order valence-corrected chi connectivity index (χ1v) is 5.87. The molecule has 0 unspecified atom stereocenters. The van der Waals surface area contributed by atoms with Gasteiger partial charge in [-0.3, -0.25) is 10.1 Å². The van der Waals surface area contributed by atoms with Crippen LogP contribution in [0.15, 0.2) is 24.4 Å². The molecule has 0 atom stereocenters. The van der Waals surface area contributed by atoms with Gasteiger partial charge in [0.2, 0.25) is 5.95 Å². The molecule has 8 heteroatoms. The number of carbonyl (C=O) groups excluding carboxylic acids is 1. The van der Waals surface area contributed by atoms with Crippen molar-refractivity contribution >= 4 is 23.5 Å². The Morgan fingerprint density at radius 1 is 1.50 bits per heavy atom. The van der Waals surface area contributed by atoms with Crippen molar-refractivity contribution < 1.29 is 18.7 Å². The monoisotopic (exact) mass is 301 g/mol. The lowest BCUT2D eigenvalue weighted by atomic mass is 10.2. The summed E-state index contributed by atoms with van der Waals surface area (Å²) in [7, 11) is 1.35. The lowest BCUT2D eigenvalue weighted by Crippen LogP contribution is -2.15. The standard InChI is InChI=1S/C12H10ClF2N3O2/c1-18-8(10(14)15)5-16-12(18)17-11(20)7-4-6(13)2-3-9(7)19/h2-5,10,19H,1H3,(H,16,17,20). The number of nitrogens with zero attached hydrogens (tertiary/aromatic N) is 2. The van der Waals surface area contributed by atoms with E-state index < -0.39 is 12.3 Å². The van der Waals surface area contributed by atoms with E-state index in [1.54, 1.807) is 0 Å². The fourth-order valence-corrected chi connectivity index (χ4v) is 1.77. The summed E-state index contributed by atoms with van der Waals surface area (Å²) in [5.41, 5.74) is -0.394. The van der Waals surface area contributed by atoms with Crippen molar-refractivity contribution in [3.05, 3.63) is 40.7 Å². The summed E-state index contributed by atoms with van der Waals surface area (Å²) in [5, 5.41) is 12.2. The molecule has 1 amide bonds. The van der Waals surface area contributed by atoms with Crippen LogP contribution in [0.1, 0.15) is 22.5 Å². The lowest BCUT2D eigenvalue weighted by Gasteiger charge is -2.08. The number of aromatic nitrogens is 2. The first-order valence-electron chi connectivity index (χ1n) is 5.49. The van der Waals surface area contributed by atoms with E-state index in [1.807, 2.05) is 0 Å². The zero-order valence-electron chi connectivity index (χ0n) is 10.3. The highest BCUT2D eigenvalue weighted by Crippen LogP contribution is 2.24. The van der Waals surface area contributed by atoms with Gasteiger partial charge in [0, 0.05) is 12.1 Å². The van der Waals surface area contributed by atoms with Crippen LogP contribution in [-0.2, 0) is 7.05 Å². The van der Waals surface area contributed by atoms with Gasteiger partial charge in [-0.25, -0.2) is 13.8 Å². The van der Waals surface area contributed by atoms with Crippen molar-refractivity contribution in [2.45, 2.75) is 6.43 Å². The third kappa shape index (κ3) is 2.72. The number of halogens is 3. The number of aromatic hydroxyl groups is 1. The van der Waals surface area contributed by atoms with Gasteiger partial charge in [-0.2, -0.15) is 0 Å². The molecule has 0 radical (unpaired) electrons. The zero-order valence-corrected chi connectivity index (χ0v) is 11.0. The second kappa shape index (κ2) is 5.46. The Morgan fingerprint density at radius 2 is 2.20 bits per heavy atom. The molecule has 0 fully saturated rings. The van der Waals surface area contributed by atoms with Crippen molar-refractivity contribution in [3.63, 3.8) is 0 Å². The summed E-state index contributed by atoms with van der Waals surface area (Å²) >= 11 is 5.73. The van der Waals surface area contributed by atoms with Gasteiger partial charge >= 0.3 is 0 Å². The Morgan fingerprint density at radius 3 is 2.80 bits per heavy atom. The topological polar surface area (TPSA) is 67.2 Å². The summed E-state index contributed by atoms with van der Waals surface area (Å²) in [6.07, 6.45) is -1.73. The van der Waals surface area contributed by atoms with E-state index in [-0.39, 0.29) is 28.0 Å². The van der Waals surface area contributed by atoms with Crippen LogP contribution >= 0.6 is 11.6 Å². The molecule has 1 aromatic heterocycles. The molecule has 2 N–H and O–H groups in total. The van der Waals surface area contributed by atoms with Crippen LogP contribution < -0.4 is 5.32 Å². The molecule has 0 saturated carbocycles. The van der Waals surface area contributed by atoms with E-state index in [9.17, 15) is 18.7 Å². The van der Waals surface area contributed by atoms with Crippen LogP contribution in [0.5, 0.6) is 5.75 Å². The maximum absolute atomic E-state index is 12.6. The maximum Gasteiger partial charge on any atom is 0.280 e. The average Bonchev–Trinajstić information content (AvgIpc) is 2.74. The Bertz CT molecular complexity index is 658. The molecule has 2 rings (SSSR count). The van der Waals surface area contributed by atoms with Crippen molar-refractivity contribution in [1.29, 1.82) is 0 Å². The minimum Gasteiger partial charge on any atom is -0.507 e. The molecular formula is C12H10ClF2N3O2. The number of alkyl halides is 2. The molecule has 1 heterocycles. The Balaban J connectivity index is 2.26. The SMILES string of the molecule is Cn1c(C(F)F)cnc1NC(=O)c1cc(Cl)ccc1O. The fraction of sp³-hybridized carbons (Fsp3) is 0.167. The van der Waals surface area contributed by atoms with Crippen LogP contribution in [0, 0.1) is 0 Å². The van der Waals surface area contributed by atoms with E-state index in [4.69, 9.17) is 11.6 Å². The average molecular weight is 302 g/mol. The molecule has 0 aliphatic heterocycles. The number of hydrogen-bond donors (Lipinski definition) is 2. The number of hydrogen-bond acceptors (Lipinski definition) is 3. The predicted octanol–water partition coefficient (Wildman–Crippen LogP) is 2.97. The highest BCUT2D eigenvalue weighted by molar-refractivity contribution is 6.31. The van der Waals surface area contributed by atoms with E-state index >= 15 is 0 Å². The summed E-state index contributed by atoms with van der Waals surface area (Å²) in [5.74, 6) is -1.01. The van der Waals surface area contributed by atoms with E-state index in [0.717, 1.165) is 10.8 Å². The second-order valence-corrected chi connectivity index (χ2v) is 4.42. The van der Waals surface area contributed by atoms with Crippen molar-refractivity contribution in [2.75, 3.05) is 5.32 Å². The Kier molecular flexibility index (Phi) is 3.89. The van der Waals surface area contributed by atoms with E-state index in [0.29, 0.717) is 0 Å². The normalized spacial score (nSPS) is 10.8. The largest absolute Gasteiger partial charge is 0.507 e. The first-order chi connectivity index (χ1) is 9.40. The highest BCUT2D eigenvalue weighted by atomic mass is 35.5. The van der Waals surface area contributed by atoms with Crippen molar-refractivity contribution in [1.82, 2.24) is 9.55 Å². The number of phenolic OH excluding ortho intramolecular Hbond substituents is 1. The van der Waals surface area contributed by atoms with Crippen molar-refractivity contribution in [3.8, 4) is 5.75 Å².